The molecule has 0 fully saturated rings. The van der Waals surface area contributed by atoms with Crippen molar-refractivity contribution < 1.29 is 4.74 Å². The van der Waals surface area contributed by atoms with E-state index in [1.165, 1.54) is 0 Å². The second-order valence-electron chi connectivity index (χ2n) is 2.15. The molecule has 60 valence electrons. The summed E-state index contributed by atoms with van der Waals surface area (Å²) in [5.41, 5.74) is 6.52. The van der Waals surface area contributed by atoms with Crippen molar-refractivity contribution in [3.63, 3.8) is 0 Å². The first-order chi connectivity index (χ1) is 5.16. The first-order valence-corrected chi connectivity index (χ1v) is 3.90. The van der Waals surface area contributed by atoms with Gasteiger partial charge in [0.05, 0.1) is 7.11 Å². The van der Waals surface area contributed by atoms with Crippen LogP contribution in [-0.2, 0) is 0 Å². The largest absolute Gasteiger partial charge is 0.493 e. The molecule has 0 unspecified atom stereocenters. The van der Waals surface area contributed by atoms with Crippen LogP contribution in [0.1, 0.15) is 5.56 Å². The lowest BCUT2D eigenvalue weighted by atomic mass is 10.3. The van der Waals surface area contributed by atoms with Gasteiger partial charge in [-0.3, -0.25) is 0 Å². The Morgan fingerprint density at radius 1 is 1.64 bits per heavy atom. The van der Waals surface area contributed by atoms with Crippen LogP contribution in [0.5, 0.6) is 5.75 Å². The number of ether oxygens (including phenoxy) is 1. The fourth-order valence-electron chi connectivity index (χ4n) is 0.840. The van der Waals surface area contributed by atoms with Crippen molar-refractivity contribution >= 4 is 21.7 Å². The number of pyridine rings is 1. The molecule has 0 bridgehead atoms. The number of nitrogen functional groups attached to an aromatic ring is 1. The first kappa shape index (κ1) is 8.33. The Hall–Kier alpha value is -0.770. The molecule has 3 nitrogen and oxygen atoms in total. The van der Waals surface area contributed by atoms with Crippen LogP contribution < -0.4 is 10.5 Å². The highest BCUT2D eigenvalue weighted by Crippen LogP contribution is 2.28. The molecule has 1 aromatic rings. The van der Waals surface area contributed by atoms with Gasteiger partial charge in [0.2, 0.25) is 0 Å². The number of aromatic nitrogens is 1. The lowest BCUT2D eigenvalue weighted by Gasteiger charge is -2.07. The summed E-state index contributed by atoms with van der Waals surface area (Å²) in [6.45, 7) is 1.92. The van der Waals surface area contributed by atoms with Crippen LogP contribution in [0.25, 0.3) is 0 Å². The molecule has 11 heavy (non-hydrogen) atoms. The molecule has 0 aliphatic carbocycles. The predicted octanol–water partition coefficient (Wildman–Crippen LogP) is 1.74. The molecule has 2 N–H and O–H groups in total. The lowest BCUT2D eigenvalue weighted by molar-refractivity contribution is 0.412. The summed E-state index contributed by atoms with van der Waals surface area (Å²) in [7, 11) is 1.58. The van der Waals surface area contributed by atoms with Gasteiger partial charge in [-0.1, -0.05) is 0 Å². The highest BCUT2D eigenvalue weighted by atomic mass is 79.9. The summed E-state index contributed by atoms with van der Waals surface area (Å²) in [5, 5.41) is 0. The minimum absolute atomic E-state index is 0.424. The topological polar surface area (TPSA) is 48.1 Å². The summed E-state index contributed by atoms with van der Waals surface area (Å²) < 4.78 is 5.95. The maximum Gasteiger partial charge on any atom is 0.166 e. The number of hydrogen-bond acceptors (Lipinski definition) is 3. The quantitative estimate of drug-likeness (QED) is 0.779. The van der Waals surface area contributed by atoms with Crippen molar-refractivity contribution in [3.05, 3.63) is 16.2 Å². The Labute approximate surface area is 73.7 Å². The Bertz CT molecular complexity index is 275. The van der Waals surface area contributed by atoms with E-state index in [2.05, 4.69) is 20.9 Å². The highest BCUT2D eigenvalue weighted by molar-refractivity contribution is 9.10. The zero-order valence-corrected chi connectivity index (χ0v) is 7.97. The molecule has 0 saturated carbocycles. The van der Waals surface area contributed by atoms with E-state index in [1.807, 2.05) is 6.92 Å². The second-order valence-corrected chi connectivity index (χ2v) is 3.00. The Morgan fingerprint density at radius 3 is 2.73 bits per heavy atom. The highest BCUT2D eigenvalue weighted by Gasteiger charge is 2.06. The fourth-order valence-corrected chi connectivity index (χ4v) is 1.12. The van der Waals surface area contributed by atoms with Crippen LogP contribution in [0, 0.1) is 6.92 Å². The molecule has 0 amide bonds. The third-order valence-electron chi connectivity index (χ3n) is 1.45. The molecule has 4 heteroatoms. The third kappa shape index (κ3) is 1.45. The van der Waals surface area contributed by atoms with E-state index in [0.29, 0.717) is 11.6 Å². The van der Waals surface area contributed by atoms with Gasteiger partial charge in [0.15, 0.2) is 11.6 Å². The maximum absolute atomic E-state index is 5.54. The Morgan fingerprint density at radius 2 is 2.27 bits per heavy atom. The van der Waals surface area contributed by atoms with Crippen LogP contribution in [0.15, 0.2) is 10.7 Å². The van der Waals surface area contributed by atoms with E-state index >= 15 is 0 Å². The molecule has 0 saturated heterocycles. The Kier molecular flexibility index (Phi) is 2.34. The van der Waals surface area contributed by atoms with E-state index in [9.17, 15) is 0 Å². The van der Waals surface area contributed by atoms with Crippen LogP contribution >= 0.6 is 15.9 Å². The standard InChI is InChI=1S/C7H9BrN2O/c1-4-5(8)3-10-7(9)6(4)11-2/h3H,1-2H3,(H2,9,10). The van der Waals surface area contributed by atoms with Crippen molar-refractivity contribution in [3.8, 4) is 5.75 Å². The van der Waals surface area contributed by atoms with Gasteiger partial charge in [0.1, 0.15) is 0 Å². The number of methoxy groups -OCH3 is 1. The average Bonchev–Trinajstić information content (AvgIpc) is 1.99. The predicted molar refractivity (Wildman–Crippen MR) is 47.6 cm³/mol. The lowest BCUT2D eigenvalue weighted by Crippen LogP contribution is -1.97. The van der Waals surface area contributed by atoms with E-state index < -0.39 is 0 Å². The fraction of sp³-hybridized carbons (Fsp3) is 0.286. The van der Waals surface area contributed by atoms with Gasteiger partial charge < -0.3 is 10.5 Å². The van der Waals surface area contributed by atoms with E-state index in [0.717, 1.165) is 10.0 Å². The number of hydrogen-bond donors (Lipinski definition) is 1. The second kappa shape index (κ2) is 3.09. The molecule has 0 radical (unpaired) electrons. The van der Waals surface area contributed by atoms with Gasteiger partial charge in [-0.15, -0.1) is 0 Å². The number of nitrogens with two attached hydrogens (primary N) is 1. The van der Waals surface area contributed by atoms with E-state index in [1.54, 1.807) is 13.3 Å². The SMILES string of the molecule is COc1c(N)ncc(Br)c1C. The zero-order valence-electron chi connectivity index (χ0n) is 6.39. The monoisotopic (exact) mass is 216 g/mol. The van der Waals surface area contributed by atoms with Gasteiger partial charge in [-0.25, -0.2) is 4.98 Å². The first-order valence-electron chi connectivity index (χ1n) is 3.11. The maximum atomic E-state index is 5.54. The normalized spacial score (nSPS) is 9.73. The van der Waals surface area contributed by atoms with E-state index in [4.69, 9.17) is 10.5 Å². The van der Waals surface area contributed by atoms with Gasteiger partial charge in [-0.2, -0.15) is 0 Å². The summed E-state index contributed by atoms with van der Waals surface area (Å²) in [4.78, 5) is 3.92. The third-order valence-corrected chi connectivity index (χ3v) is 2.25. The van der Waals surface area contributed by atoms with Crippen molar-refractivity contribution in [2.45, 2.75) is 6.92 Å². The molecule has 0 spiro atoms. The number of nitrogens with zero attached hydrogens (tertiary/aromatic N) is 1. The van der Waals surface area contributed by atoms with Crippen LogP contribution in [0.3, 0.4) is 0 Å². The molecule has 1 heterocycles. The van der Waals surface area contributed by atoms with Gasteiger partial charge in [-0.05, 0) is 22.9 Å². The molecule has 0 aliphatic rings. The van der Waals surface area contributed by atoms with E-state index in [-0.39, 0.29) is 0 Å². The van der Waals surface area contributed by atoms with Gasteiger partial charge >= 0.3 is 0 Å². The van der Waals surface area contributed by atoms with Crippen molar-refractivity contribution in [1.82, 2.24) is 4.98 Å². The minimum Gasteiger partial charge on any atom is -0.493 e. The van der Waals surface area contributed by atoms with Gasteiger partial charge in [0.25, 0.3) is 0 Å². The van der Waals surface area contributed by atoms with Gasteiger partial charge in [0, 0.05) is 16.2 Å². The molecule has 0 atom stereocenters. The summed E-state index contributed by atoms with van der Waals surface area (Å²) in [6, 6.07) is 0. The van der Waals surface area contributed by atoms with Crippen LogP contribution in [0.2, 0.25) is 0 Å². The van der Waals surface area contributed by atoms with Crippen molar-refractivity contribution in [1.29, 1.82) is 0 Å². The summed E-state index contributed by atoms with van der Waals surface area (Å²) >= 11 is 3.32. The zero-order chi connectivity index (χ0) is 8.43. The molecule has 0 aliphatic heterocycles. The smallest absolute Gasteiger partial charge is 0.166 e. The molecular formula is C7H9BrN2O. The summed E-state index contributed by atoms with van der Waals surface area (Å²) in [5.74, 6) is 1.06. The molecule has 1 rings (SSSR count). The molecule has 0 aromatic carbocycles. The van der Waals surface area contributed by atoms with Crippen molar-refractivity contribution in [2.75, 3.05) is 12.8 Å². The number of rotatable bonds is 1. The molecular weight excluding hydrogens is 208 g/mol. The average molecular weight is 217 g/mol. The number of anilines is 1. The van der Waals surface area contributed by atoms with Crippen LogP contribution in [0.4, 0.5) is 5.82 Å². The summed E-state index contributed by atoms with van der Waals surface area (Å²) in [6.07, 6.45) is 1.66. The van der Waals surface area contributed by atoms with Crippen molar-refractivity contribution in [2.24, 2.45) is 0 Å². The van der Waals surface area contributed by atoms with Crippen LogP contribution in [-0.4, -0.2) is 12.1 Å². The minimum atomic E-state index is 0.424. The molecule has 1 aromatic heterocycles. The Balaban J connectivity index is 3.29. The number of halogens is 1.